The number of aromatic amines is 1. The maximum absolute atomic E-state index is 14.6. The second-order valence-corrected chi connectivity index (χ2v) is 17.1. The number of hydrogen-bond acceptors (Lipinski definition) is 9. The van der Waals surface area contributed by atoms with Gasteiger partial charge in [-0.05, 0) is 76.5 Å². The molecule has 4 aliphatic rings. The van der Waals surface area contributed by atoms with Crippen molar-refractivity contribution in [2.75, 3.05) is 40.1 Å². The zero-order valence-corrected chi connectivity index (χ0v) is 33.0. The number of H-pyrrole nitrogens is 1. The highest BCUT2D eigenvalue weighted by molar-refractivity contribution is 6.05. The lowest BCUT2D eigenvalue weighted by molar-refractivity contribution is -0.0535. The van der Waals surface area contributed by atoms with E-state index in [0.29, 0.717) is 51.2 Å². The van der Waals surface area contributed by atoms with E-state index in [9.17, 15) is 9.59 Å². The van der Waals surface area contributed by atoms with E-state index < -0.39 is 18.2 Å². The summed E-state index contributed by atoms with van der Waals surface area (Å²) in [6.45, 7) is 25.4. The van der Waals surface area contributed by atoms with Crippen molar-refractivity contribution in [2.24, 2.45) is 23.2 Å². The van der Waals surface area contributed by atoms with Gasteiger partial charge in [0.1, 0.15) is 17.5 Å². The Bertz CT molecular complexity index is 1690. The van der Waals surface area contributed by atoms with Gasteiger partial charge in [0.15, 0.2) is 5.65 Å². The van der Waals surface area contributed by atoms with Crippen molar-refractivity contribution in [1.82, 2.24) is 24.8 Å². The molecule has 53 heavy (non-hydrogen) atoms. The van der Waals surface area contributed by atoms with Crippen LogP contribution in [0.3, 0.4) is 0 Å². The molecule has 0 radical (unpaired) electrons. The molecule has 3 aliphatic carbocycles. The molecule has 1 amide bonds. The third-order valence-corrected chi connectivity index (χ3v) is 12.0. The monoisotopic (exact) mass is 736 g/mol. The Kier molecular flexibility index (Phi) is 11.9. The Hall–Kier alpha value is -3.44. The smallest absolute Gasteiger partial charge is 0.415 e. The summed E-state index contributed by atoms with van der Waals surface area (Å²) >= 11 is 0. The number of carbonyl (C=O) groups excluding carboxylic acids is 2. The van der Waals surface area contributed by atoms with E-state index >= 15 is 0 Å². The molecule has 1 aliphatic heterocycles. The molecule has 2 N–H and O–H groups in total. The molecular formula is C40H60N6O7. The van der Waals surface area contributed by atoms with E-state index in [0.717, 1.165) is 44.9 Å². The van der Waals surface area contributed by atoms with E-state index in [4.69, 9.17) is 35.2 Å². The molecule has 3 heterocycles. The Balaban J connectivity index is 1.35. The Morgan fingerprint density at radius 1 is 1.15 bits per heavy atom. The lowest BCUT2D eigenvalue weighted by atomic mass is 9.64. The molecule has 0 bridgehead atoms. The summed E-state index contributed by atoms with van der Waals surface area (Å²) in [5.41, 5.74) is 1.17. The van der Waals surface area contributed by atoms with Gasteiger partial charge in [0, 0.05) is 44.0 Å². The minimum absolute atomic E-state index is 0.000611. The van der Waals surface area contributed by atoms with Crippen LogP contribution in [0.1, 0.15) is 122 Å². The van der Waals surface area contributed by atoms with Gasteiger partial charge in [-0.15, -0.1) is 0 Å². The lowest BCUT2D eigenvalue weighted by Gasteiger charge is -2.45. The molecule has 1 saturated heterocycles. The van der Waals surface area contributed by atoms with Gasteiger partial charge in [0.2, 0.25) is 5.88 Å². The first-order valence-electron chi connectivity index (χ1n) is 19.6. The average Bonchev–Trinajstić information content (AvgIpc) is 3.68. The molecular weight excluding hydrogens is 676 g/mol. The normalized spacial score (nSPS) is 28.7. The minimum Gasteiger partial charge on any atom is -0.459 e. The second-order valence-electron chi connectivity index (χ2n) is 17.1. The number of nitrogens with one attached hydrogen (secondary N) is 2. The van der Waals surface area contributed by atoms with Crippen molar-refractivity contribution in [3.05, 3.63) is 34.5 Å². The van der Waals surface area contributed by atoms with E-state index in [1.807, 2.05) is 0 Å². The molecule has 0 spiro atoms. The minimum atomic E-state index is -0.633. The summed E-state index contributed by atoms with van der Waals surface area (Å²) in [4.78, 5) is 38.4. The summed E-state index contributed by atoms with van der Waals surface area (Å²) in [5, 5.41) is 6.93. The predicted octanol–water partition coefficient (Wildman–Crippen LogP) is 7.40. The van der Waals surface area contributed by atoms with Gasteiger partial charge in [0.05, 0.1) is 38.2 Å². The predicted molar refractivity (Wildman–Crippen MR) is 200 cm³/mol. The summed E-state index contributed by atoms with van der Waals surface area (Å²) in [7, 11) is 1.74. The van der Waals surface area contributed by atoms with Gasteiger partial charge in [-0.1, -0.05) is 46.3 Å². The van der Waals surface area contributed by atoms with Crippen molar-refractivity contribution in [3.8, 4) is 5.88 Å². The van der Waals surface area contributed by atoms with Gasteiger partial charge in [-0.3, -0.25) is 10.4 Å². The largest absolute Gasteiger partial charge is 0.459 e. The number of fused-ring (bicyclic) bond motifs is 1. The highest BCUT2D eigenvalue weighted by Crippen LogP contribution is 2.47. The van der Waals surface area contributed by atoms with Crippen LogP contribution in [0.25, 0.3) is 10.5 Å². The summed E-state index contributed by atoms with van der Waals surface area (Å²) in [6, 6.07) is 0.0211. The number of carbonyl (C=O) groups is 2. The summed E-state index contributed by atoms with van der Waals surface area (Å²) in [6.07, 6.45) is 8.53. The summed E-state index contributed by atoms with van der Waals surface area (Å²) in [5.74, 6) is 0.512. The van der Waals surface area contributed by atoms with Crippen LogP contribution in [0.15, 0.2) is 11.6 Å². The van der Waals surface area contributed by atoms with Gasteiger partial charge in [-0.25, -0.2) is 23.9 Å². The van der Waals surface area contributed by atoms with E-state index in [-0.39, 0.29) is 63.7 Å². The molecule has 7 unspecified atom stereocenters. The number of esters is 1. The molecule has 2 aromatic rings. The number of allylic oxidation sites excluding steroid dienone is 1. The number of rotatable bonds is 11. The highest BCUT2D eigenvalue weighted by atomic mass is 16.6. The number of aromatic nitrogens is 3. The highest BCUT2D eigenvalue weighted by Gasteiger charge is 2.45. The van der Waals surface area contributed by atoms with Crippen LogP contribution in [0.2, 0.25) is 0 Å². The molecule has 0 aromatic carbocycles. The molecule has 3 saturated carbocycles. The summed E-state index contributed by atoms with van der Waals surface area (Å²) < 4.78 is 31.5. The molecule has 2 aromatic heterocycles. The van der Waals surface area contributed by atoms with Crippen LogP contribution in [0, 0.1) is 29.7 Å². The Morgan fingerprint density at radius 2 is 1.89 bits per heavy atom. The van der Waals surface area contributed by atoms with Crippen LogP contribution in [-0.4, -0.2) is 95.6 Å². The second kappa shape index (κ2) is 16.1. The standard InChI is InChI=1S/C40H60N6O7/c1-10-40(13-14-40)51-23-42-29-22-26(11-12-30(29)49-9)34-43-35-31(32(41-8)36(46(35)44-34)53-38(48)45-15-17-50-18-16-45)37(47)52-33-27(19-24(2)3)20-25(4)21-28(33)39(5,6)7/h19,25-30,33,42H,10-18,20-23H2,1-7,9H3,(H,43,44). The Morgan fingerprint density at radius 3 is 2.51 bits per heavy atom. The van der Waals surface area contributed by atoms with Crippen molar-refractivity contribution in [1.29, 1.82) is 0 Å². The zero-order chi connectivity index (χ0) is 38.1. The lowest BCUT2D eigenvalue weighted by Crippen LogP contribution is -2.46. The van der Waals surface area contributed by atoms with Crippen LogP contribution in [-0.2, 0) is 18.9 Å². The molecule has 13 heteroatoms. The van der Waals surface area contributed by atoms with Crippen LogP contribution in [0.4, 0.5) is 10.5 Å². The number of morpholine rings is 1. The fourth-order valence-corrected chi connectivity index (χ4v) is 8.73. The van der Waals surface area contributed by atoms with Crippen molar-refractivity contribution < 1.29 is 33.3 Å². The maximum atomic E-state index is 14.6. The SMILES string of the molecule is [C-]#[N+]c1c(C(=O)OC2C(C=C(C)C)CC(C)CC2C(C)(C)C)c2nc(C3CCC(OC)C(NCOC4(CC)CC4)C3)[nH]n2c1OC(=O)N1CCOCC1. The number of hydrogen-bond donors (Lipinski definition) is 2. The van der Waals surface area contributed by atoms with Gasteiger partial charge >= 0.3 is 12.1 Å². The number of nitrogens with zero attached hydrogens (tertiary/aromatic N) is 4. The first-order valence-corrected chi connectivity index (χ1v) is 19.6. The van der Waals surface area contributed by atoms with Crippen molar-refractivity contribution in [3.63, 3.8) is 0 Å². The van der Waals surface area contributed by atoms with E-state index in [1.54, 1.807) is 12.0 Å². The van der Waals surface area contributed by atoms with Gasteiger partial charge in [0.25, 0.3) is 5.69 Å². The topological polar surface area (TPSA) is 133 Å². The third-order valence-electron chi connectivity index (χ3n) is 12.0. The average molecular weight is 737 g/mol. The fraction of sp³-hybridized carbons (Fsp3) is 0.750. The molecule has 6 rings (SSSR count). The van der Waals surface area contributed by atoms with Crippen molar-refractivity contribution in [2.45, 2.75) is 130 Å². The van der Waals surface area contributed by atoms with Crippen LogP contribution in [0.5, 0.6) is 5.88 Å². The molecule has 13 nitrogen and oxygen atoms in total. The van der Waals surface area contributed by atoms with E-state index in [1.165, 1.54) is 10.1 Å². The maximum Gasteiger partial charge on any atom is 0.415 e. The van der Waals surface area contributed by atoms with Gasteiger partial charge < -0.3 is 28.6 Å². The quantitative estimate of drug-likeness (QED) is 0.105. The number of methoxy groups -OCH3 is 1. The van der Waals surface area contributed by atoms with Crippen LogP contribution < -0.4 is 10.1 Å². The number of amides is 1. The first kappa shape index (κ1) is 39.3. The molecule has 4 fully saturated rings. The first-order chi connectivity index (χ1) is 25.3. The van der Waals surface area contributed by atoms with Gasteiger partial charge in [-0.2, -0.15) is 0 Å². The van der Waals surface area contributed by atoms with E-state index in [2.05, 4.69) is 69.8 Å². The zero-order valence-electron chi connectivity index (χ0n) is 33.0. The van der Waals surface area contributed by atoms with Crippen LogP contribution >= 0.6 is 0 Å². The fourth-order valence-electron chi connectivity index (χ4n) is 8.73. The molecule has 292 valence electrons. The Labute approximate surface area is 314 Å². The van der Waals surface area contributed by atoms with Crippen molar-refractivity contribution >= 4 is 23.4 Å². The molecule has 7 atom stereocenters. The third kappa shape index (κ3) is 8.61. The number of ether oxygens (including phenoxy) is 5.